The summed E-state index contributed by atoms with van der Waals surface area (Å²) in [6, 6.07) is 10.3. The van der Waals surface area contributed by atoms with E-state index >= 15 is 0 Å². The predicted octanol–water partition coefficient (Wildman–Crippen LogP) is 4.75. The Hall–Kier alpha value is -0.900. The van der Waals surface area contributed by atoms with Crippen molar-refractivity contribution in [2.75, 3.05) is 26.4 Å². The lowest BCUT2D eigenvalue weighted by molar-refractivity contribution is 0.207. The summed E-state index contributed by atoms with van der Waals surface area (Å²) < 4.78 is 9.59. The second kappa shape index (κ2) is 13.5. The molecule has 2 aliphatic rings. The van der Waals surface area contributed by atoms with Gasteiger partial charge in [0.25, 0.3) is 0 Å². The molecule has 2 saturated heterocycles. The van der Waals surface area contributed by atoms with Gasteiger partial charge in [-0.05, 0) is 24.3 Å². The zero-order chi connectivity index (χ0) is 16.8. The highest BCUT2D eigenvalue weighted by atomic mass is 16.6. The van der Waals surface area contributed by atoms with Crippen LogP contribution in [-0.2, 0) is 9.47 Å². The smallest absolute Gasteiger partial charge is 0.106 e. The van der Waals surface area contributed by atoms with E-state index in [0.29, 0.717) is 18.6 Å². The van der Waals surface area contributed by atoms with Crippen LogP contribution >= 0.6 is 0 Å². The highest BCUT2D eigenvalue weighted by Crippen LogP contribution is 2.28. The zero-order valence-corrected chi connectivity index (χ0v) is 14.9. The summed E-state index contributed by atoms with van der Waals surface area (Å²) in [6.45, 7) is 7.69. The molecule has 0 bridgehead atoms. The standard InChI is InChI=1S/C10H22O.C8H8O.C2H4O/c1-3-5-6-8-10(9-11)7-4-2;1-2-4-7(5-3-1)8-6-9-8;1-2-3-1/h10-11H,3-9H2,1-2H3;1-5,8H,6H2;1-2H2. The highest BCUT2D eigenvalue weighted by Gasteiger charge is 2.23. The third-order valence-electron chi connectivity index (χ3n) is 3.88. The molecule has 0 spiro atoms. The molecule has 0 aromatic heterocycles. The van der Waals surface area contributed by atoms with Gasteiger partial charge in [0.15, 0.2) is 0 Å². The number of rotatable bonds is 8. The monoisotopic (exact) mass is 322 g/mol. The van der Waals surface area contributed by atoms with Crippen molar-refractivity contribution in [3.05, 3.63) is 35.9 Å². The Morgan fingerprint density at radius 1 is 1.04 bits per heavy atom. The molecule has 2 unspecified atom stereocenters. The number of hydrogen-bond donors (Lipinski definition) is 1. The molecule has 3 nitrogen and oxygen atoms in total. The fraction of sp³-hybridized carbons (Fsp3) is 0.700. The Morgan fingerprint density at radius 3 is 2.13 bits per heavy atom. The third kappa shape index (κ3) is 12.2. The minimum absolute atomic E-state index is 0.386. The summed E-state index contributed by atoms with van der Waals surface area (Å²) in [5, 5.41) is 8.96. The second-order valence-corrected chi connectivity index (χ2v) is 6.18. The van der Waals surface area contributed by atoms with E-state index in [2.05, 4.69) is 30.7 Å². The molecule has 3 heteroatoms. The van der Waals surface area contributed by atoms with Crippen LogP contribution in [0.2, 0.25) is 0 Å². The quantitative estimate of drug-likeness (QED) is 0.555. The van der Waals surface area contributed by atoms with Crippen molar-refractivity contribution in [3.63, 3.8) is 0 Å². The second-order valence-electron chi connectivity index (χ2n) is 6.18. The van der Waals surface area contributed by atoms with Gasteiger partial charge in [0.1, 0.15) is 6.10 Å². The van der Waals surface area contributed by atoms with Gasteiger partial charge < -0.3 is 14.6 Å². The van der Waals surface area contributed by atoms with E-state index in [1.807, 2.05) is 18.2 Å². The summed E-state index contributed by atoms with van der Waals surface area (Å²) in [5.41, 5.74) is 1.30. The Balaban J connectivity index is 0.000000195. The van der Waals surface area contributed by atoms with Crippen LogP contribution in [0.4, 0.5) is 0 Å². The summed E-state index contributed by atoms with van der Waals surface area (Å²) in [5.74, 6) is 0.576. The molecule has 0 saturated carbocycles. The number of aliphatic hydroxyl groups excluding tert-OH is 1. The van der Waals surface area contributed by atoms with Crippen molar-refractivity contribution in [1.82, 2.24) is 0 Å². The van der Waals surface area contributed by atoms with Gasteiger partial charge in [-0.3, -0.25) is 0 Å². The SMILES string of the molecule is C1CO1.CCCCCC(CO)CCC.c1ccc(C2CO2)cc1. The Morgan fingerprint density at radius 2 is 1.70 bits per heavy atom. The molecule has 1 N–H and O–H groups in total. The maximum atomic E-state index is 8.96. The topological polar surface area (TPSA) is 45.3 Å². The first-order valence-electron chi connectivity index (χ1n) is 9.16. The lowest BCUT2D eigenvalue weighted by Crippen LogP contribution is -2.05. The fourth-order valence-electron chi connectivity index (χ4n) is 2.33. The molecule has 3 rings (SSSR count). The molecule has 2 atom stereocenters. The number of aliphatic hydroxyl groups is 1. The molecule has 1 aromatic carbocycles. The Bertz CT molecular complexity index is 358. The maximum Gasteiger partial charge on any atom is 0.106 e. The Labute approximate surface area is 142 Å². The number of epoxide rings is 2. The number of benzene rings is 1. The predicted molar refractivity (Wildman–Crippen MR) is 95.6 cm³/mol. The summed E-state index contributed by atoms with van der Waals surface area (Å²) in [7, 11) is 0. The van der Waals surface area contributed by atoms with Crippen LogP contribution in [0.3, 0.4) is 0 Å². The molecule has 2 aliphatic heterocycles. The van der Waals surface area contributed by atoms with Gasteiger partial charge in [-0.1, -0.05) is 69.9 Å². The van der Waals surface area contributed by atoms with Crippen molar-refractivity contribution in [2.24, 2.45) is 5.92 Å². The molecule has 0 amide bonds. The minimum Gasteiger partial charge on any atom is -0.396 e. The van der Waals surface area contributed by atoms with Gasteiger partial charge in [0, 0.05) is 6.61 Å². The van der Waals surface area contributed by atoms with Crippen molar-refractivity contribution in [3.8, 4) is 0 Å². The van der Waals surface area contributed by atoms with Crippen LogP contribution in [0.25, 0.3) is 0 Å². The molecule has 132 valence electrons. The number of ether oxygens (including phenoxy) is 2. The molecule has 0 radical (unpaired) electrons. The van der Waals surface area contributed by atoms with E-state index in [1.165, 1.54) is 44.1 Å². The van der Waals surface area contributed by atoms with Crippen molar-refractivity contribution < 1.29 is 14.6 Å². The third-order valence-corrected chi connectivity index (χ3v) is 3.88. The van der Waals surface area contributed by atoms with Gasteiger partial charge in [-0.15, -0.1) is 0 Å². The first-order valence-corrected chi connectivity index (χ1v) is 9.16. The van der Waals surface area contributed by atoms with Crippen LogP contribution in [0, 0.1) is 5.92 Å². The van der Waals surface area contributed by atoms with Crippen molar-refractivity contribution >= 4 is 0 Å². The van der Waals surface area contributed by atoms with E-state index < -0.39 is 0 Å². The number of unbranched alkanes of at least 4 members (excludes halogenated alkanes) is 2. The van der Waals surface area contributed by atoms with E-state index in [-0.39, 0.29) is 0 Å². The van der Waals surface area contributed by atoms with Crippen LogP contribution in [0.5, 0.6) is 0 Å². The summed E-state index contributed by atoms with van der Waals surface area (Å²) in [6.07, 6.45) is 7.92. The van der Waals surface area contributed by atoms with E-state index in [1.54, 1.807) is 0 Å². The zero-order valence-electron chi connectivity index (χ0n) is 14.9. The summed E-state index contributed by atoms with van der Waals surface area (Å²) >= 11 is 0. The molecular weight excluding hydrogens is 288 g/mol. The van der Waals surface area contributed by atoms with E-state index in [4.69, 9.17) is 9.84 Å². The van der Waals surface area contributed by atoms with Gasteiger partial charge in [0.2, 0.25) is 0 Å². The molecular formula is C20H34O3. The average molecular weight is 322 g/mol. The van der Waals surface area contributed by atoms with Gasteiger partial charge in [-0.25, -0.2) is 0 Å². The van der Waals surface area contributed by atoms with Crippen molar-refractivity contribution in [2.45, 2.75) is 58.5 Å². The number of hydrogen-bond acceptors (Lipinski definition) is 3. The van der Waals surface area contributed by atoms with E-state index in [0.717, 1.165) is 19.8 Å². The molecule has 2 heterocycles. The first kappa shape index (κ1) is 20.1. The van der Waals surface area contributed by atoms with Crippen molar-refractivity contribution in [1.29, 1.82) is 0 Å². The van der Waals surface area contributed by atoms with Crippen LogP contribution < -0.4 is 0 Å². The van der Waals surface area contributed by atoms with Crippen LogP contribution in [0.1, 0.15) is 64.0 Å². The summed E-state index contributed by atoms with van der Waals surface area (Å²) in [4.78, 5) is 0. The van der Waals surface area contributed by atoms with Crippen LogP contribution in [0.15, 0.2) is 30.3 Å². The van der Waals surface area contributed by atoms with Crippen LogP contribution in [-0.4, -0.2) is 31.5 Å². The molecule has 0 aliphatic carbocycles. The first-order chi connectivity index (χ1) is 11.3. The lowest BCUT2D eigenvalue weighted by atomic mass is 9.98. The van der Waals surface area contributed by atoms with E-state index in [9.17, 15) is 0 Å². The Kier molecular flexibility index (Phi) is 11.9. The normalized spacial score (nSPS) is 18.8. The molecule has 23 heavy (non-hydrogen) atoms. The lowest BCUT2D eigenvalue weighted by Gasteiger charge is -2.11. The largest absolute Gasteiger partial charge is 0.396 e. The van der Waals surface area contributed by atoms with Gasteiger partial charge >= 0.3 is 0 Å². The fourth-order valence-corrected chi connectivity index (χ4v) is 2.33. The molecule has 2 fully saturated rings. The minimum atomic E-state index is 0.386. The van der Waals surface area contributed by atoms with Gasteiger partial charge in [0.05, 0.1) is 19.8 Å². The van der Waals surface area contributed by atoms with Gasteiger partial charge in [-0.2, -0.15) is 0 Å². The highest BCUT2D eigenvalue weighted by molar-refractivity contribution is 5.19. The maximum absolute atomic E-state index is 8.96. The molecule has 1 aromatic rings. The average Bonchev–Trinajstić information content (AvgIpc) is 3.46.